The summed E-state index contributed by atoms with van der Waals surface area (Å²) in [7, 11) is 0. The van der Waals surface area contributed by atoms with E-state index in [1.165, 1.54) is 38.6 Å². The number of hydrogen-bond acceptors (Lipinski definition) is 2. The summed E-state index contributed by atoms with van der Waals surface area (Å²) < 4.78 is 0. The summed E-state index contributed by atoms with van der Waals surface area (Å²) in [6.07, 6.45) is 6.26. The molecule has 1 aliphatic heterocycles. The van der Waals surface area contributed by atoms with E-state index >= 15 is 0 Å². The third kappa shape index (κ3) is 3.87. The Kier molecular flexibility index (Phi) is 5.30. The summed E-state index contributed by atoms with van der Waals surface area (Å²) in [4.78, 5) is 14.4. The average molecular weight is 281 g/mol. The highest BCUT2D eigenvalue weighted by Crippen LogP contribution is 2.42. The lowest BCUT2D eigenvalue weighted by molar-refractivity contribution is 0.126. The van der Waals surface area contributed by atoms with Crippen LogP contribution in [0.15, 0.2) is 0 Å². The largest absolute Gasteiger partial charge is 0.338 e. The fraction of sp³-hybridized carbons (Fsp3) is 0.938. The van der Waals surface area contributed by atoms with Crippen molar-refractivity contribution in [2.24, 2.45) is 11.3 Å². The molecule has 1 saturated carbocycles. The maximum absolute atomic E-state index is 11.9. The average Bonchev–Trinajstić information content (AvgIpc) is 2.84. The Labute approximate surface area is 123 Å². The summed E-state index contributed by atoms with van der Waals surface area (Å²) in [6, 6.07) is 0.643. The predicted octanol–water partition coefficient (Wildman–Crippen LogP) is 2.60. The highest BCUT2D eigenvalue weighted by molar-refractivity contribution is 5.73. The van der Waals surface area contributed by atoms with Crippen LogP contribution in [0.4, 0.5) is 4.79 Å². The van der Waals surface area contributed by atoms with Crippen molar-refractivity contribution < 1.29 is 4.79 Å². The maximum Gasteiger partial charge on any atom is 0.314 e. The zero-order valence-corrected chi connectivity index (χ0v) is 13.4. The molecule has 0 aromatic heterocycles. The second-order valence-electron chi connectivity index (χ2n) is 7.01. The number of amides is 2. The normalized spacial score (nSPS) is 25.5. The van der Waals surface area contributed by atoms with E-state index in [1.54, 1.807) is 0 Å². The highest BCUT2D eigenvalue weighted by Gasteiger charge is 2.35. The molecule has 1 atom stereocenters. The molecule has 0 unspecified atom stereocenters. The van der Waals surface area contributed by atoms with Gasteiger partial charge in [0.2, 0.25) is 0 Å². The van der Waals surface area contributed by atoms with Gasteiger partial charge in [0.1, 0.15) is 0 Å². The smallest absolute Gasteiger partial charge is 0.314 e. The topological polar surface area (TPSA) is 44.4 Å². The molecular formula is C16H31N3O. The molecule has 0 spiro atoms. The monoisotopic (exact) mass is 281 g/mol. The SMILES string of the molecule is CCC1(CNC(=O)NC[C@@H]2CCN(C(C)C)C2)CCC1. The van der Waals surface area contributed by atoms with Gasteiger partial charge >= 0.3 is 6.03 Å². The Bertz CT molecular complexity index is 320. The molecule has 20 heavy (non-hydrogen) atoms. The molecule has 1 heterocycles. The number of carbonyl (C=O) groups is 1. The molecule has 2 fully saturated rings. The van der Waals surface area contributed by atoms with Gasteiger partial charge in [0.15, 0.2) is 0 Å². The highest BCUT2D eigenvalue weighted by atomic mass is 16.2. The van der Waals surface area contributed by atoms with Gasteiger partial charge in [0, 0.05) is 25.7 Å². The van der Waals surface area contributed by atoms with Gasteiger partial charge in [-0.1, -0.05) is 13.3 Å². The molecule has 0 bridgehead atoms. The Balaban J connectivity index is 1.61. The Morgan fingerprint density at radius 1 is 1.35 bits per heavy atom. The number of rotatable bonds is 6. The van der Waals surface area contributed by atoms with Crippen molar-refractivity contribution in [3.63, 3.8) is 0 Å². The second kappa shape index (κ2) is 6.79. The minimum absolute atomic E-state index is 0.0210. The van der Waals surface area contributed by atoms with Crippen LogP contribution in [-0.2, 0) is 0 Å². The summed E-state index contributed by atoms with van der Waals surface area (Å²) in [5.74, 6) is 0.618. The third-order valence-electron chi connectivity index (χ3n) is 5.39. The molecule has 4 nitrogen and oxygen atoms in total. The summed E-state index contributed by atoms with van der Waals surface area (Å²) in [5.41, 5.74) is 0.402. The van der Waals surface area contributed by atoms with Gasteiger partial charge in [0.25, 0.3) is 0 Å². The van der Waals surface area contributed by atoms with Crippen LogP contribution in [0.2, 0.25) is 0 Å². The zero-order chi connectivity index (χ0) is 14.6. The Hall–Kier alpha value is -0.770. The number of nitrogens with zero attached hydrogens (tertiary/aromatic N) is 1. The number of urea groups is 1. The summed E-state index contributed by atoms with van der Waals surface area (Å²) >= 11 is 0. The van der Waals surface area contributed by atoms with Crippen LogP contribution in [-0.4, -0.2) is 43.2 Å². The second-order valence-corrected chi connectivity index (χ2v) is 7.01. The lowest BCUT2D eigenvalue weighted by atomic mass is 9.67. The summed E-state index contributed by atoms with van der Waals surface area (Å²) in [5, 5.41) is 6.12. The fourth-order valence-electron chi connectivity index (χ4n) is 3.40. The van der Waals surface area contributed by atoms with Crippen LogP contribution in [0.25, 0.3) is 0 Å². The Morgan fingerprint density at radius 2 is 2.10 bits per heavy atom. The first-order chi connectivity index (χ1) is 9.54. The van der Waals surface area contributed by atoms with Crippen molar-refractivity contribution in [1.82, 2.24) is 15.5 Å². The Morgan fingerprint density at radius 3 is 2.60 bits per heavy atom. The third-order valence-corrected chi connectivity index (χ3v) is 5.39. The number of nitrogens with one attached hydrogen (secondary N) is 2. The zero-order valence-electron chi connectivity index (χ0n) is 13.4. The molecule has 2 N–H and O–H groups in total. The first-order valence-corrected chi connectivity index (χ1v) is 8.30. The van der Waals surface area contributed by atoms with E-state index in [4.69, 9.17) is 0 Å². The van der Waals surface area contributed by atoms with Gasteiger partial charge in [-0.15, -0.1) is 0 Å². The molecule has 2 amide bonds. The molecule has 2 aliphatic rings. The summed E-state index contributed by atoms with van der Waals surface area (Å²) in [6.45, 7) is 10.7. The van der Waals surface area contributed by atoms with Crippen molar-refractivity contribution >= 4 is 6.03 Å². The number of carbonyl (C=O) groups excluding carboxylic acids is 1. The van der Waals surface area contributed by atoms with E-state index in [0.29, 0.717) is 17.4 Å². The van der Waals surface area contributed by atoms with Crippen LogP contribution in [0.1, 0.15) is 52.9 Å². The molecule has 1 saturated heterocycles. The molecule has 0 aromatic rings. The van der Waals surface area contributed by atoms with Gasteiger partial charge in [-0.3, -0.25) is 0 Å². The van der Waals surface area contributed by atoms with Gasteiger partial charge in [-0.2, -0.15) is 0 Å². The van der Waals surface area contributed by atoms with Crippen molar-refractivity contribution in [3.05, 3.63) is 0 Å². The molecule has 0 aromatic carbocycles. The lowest BCUT2D eigenvalue weighted by Gasteiger charge is -2.41. The van der Waals surface area contributed by atoms with E-state index < -0.39 is 0 Å². The maximum atomic E-state index is 11.9. The fourth-order valence-corrected chi connectivity index (χ4v) is 3.40. The van der Waals surface area contributed by atoms with E-state index in [2.05, 4.69) is 36.3 Å². The number of likely N-dealkylation sites (tertiary alicyclic amines) is 1. The first-order valence-electron chi connectivity index (χ1n) is 8.30. The van der Waals surface area contributed by atoms with Crippen molar-refractivity contribution in [1.29, 1.82) is 0 Å². The number of hydrogen-bond donors (Lipinski definition) is 2. The molecule has 0 radical (unpaired) electrons. The molecule has 1 aliphatic carbocycles. The van der Waals surface area contributed by atoms with Crippen LogP contribution in [0, 0.1) is 11.3 Å². The standard InChI is InChI=1S/C16H31N3O/c1-4-16(7-5-8-16)12-18-15(20)17-10-14-6-9-19(11-14)13(2)3/h13-14H,4-12H2,1-3H3,(H2,17,18,20)/t14-/m0/s1. The quantitative estimate of drug-likeness (QED) is 0.786. The van der Waals surface area contributed by atoms with E-state index in [1.807, 2.05) is 0 Å². The van der Waals surface area contributed by atoms with Gasteiger partial charge < -0.3 is 15.5 Å². The minimum Gasteiger partial charge on any atom is -0.338 e. The molecule has 2 rings (SSSR count). The minimum atomic E-state index is 0.0210. The van der Waals surface area contributed by atoms with E-state index in [0.717, 1.165) is 19.6 Å². The van der Waals surface area contributed by atoms with E-state index in [-0.39, 0.29) is 6.03 Å². The van der Waals surface area contributed by atoms with Crippen LogP contribution >= 0.6 is 0 Å². The van der Waals surface area contributed by atoms with Crippen LogP contribution < -0.4 is 10.6 Å². The molecule has 4 heteroatoms. The van der Waals surface area contributed by atoms with Crippen molar-refractivity contribution in [3.8, 4) is 0 Å². The van der Waals surface area contributed by atoms with Crippen molar-refractivity contribution in [2.75, 3.05) is 26.2 Å². The molecular weight excluding hydrogens is 250 g/mol. The van der Waals surface area contributed by atoms with Gasteiger partial charge in [-0.05, 0) is 57.4 Å². The van der Waals surface area contributed by atoms with Crippen LogP contribution in [0.3, 0.4) is 0 Å². The predicted molar refractivity (Wildman–Crippen MR) is 82.8 cm³/mol. The van der Waals surface area contributed by atoms with E-state index in [9.17, 15) is 4.79 Å². The lowest BCUT2D eigenvalue weighted by Crippen LogP contribution is -2.46. The first kappa shape index (κ1) is 15.6. The molecule has 116 valence electrons. The van der Waals surface area contributed by atoms with Gasteiger partial charge in [0.05, 0.1) is 0 Å². The van der Waals surface area contributed by atoms with Crippen molar-refractivity contribution in [2.45, 2.75) is 58.9 Å². The van der Waals surface area contributed by atoms with Crippen LogP contribution in [0.5, 0.6) is 0 Å². The van der Waals surface area contributed by atoms with Gasteiger partial charge in [-0.25, -0.2) is 4.79 Å².